The van der Waals surface area contributed by atoms with E-state index in [0.717, 1.165) is 41.6 Å². The van der Waals surface area contributed by atoms with Crippen molar-refractivity contribution in [2.24, 2.45) is 4.99 Å². The van der Waals surface area contributed by atoms with E-state index >= 15 is 0 Å². The van der Waals surface area contributed by atoms with Crippen molar-refractivity contribution in [2.45, 2.75) is 20.3 Å². The predicted molar refractivity (Wildman–Crippen MR) is 121 cm³/mol. The van der Waals surface area contributed by atoms with Crippen LogP contribution in [0.1, 0.15) is 19.4 Å². The Balaban J connectivity index is 1.63. The van der Waals surface area contributed by atoms with E-state index in [2.05, 4.69) is 20.7 Å². The molecule has 0 atom stereocenters. The van der Waals surface area contributed by atoms with E-state index in [0.29, 0.717) is 18.9 Å². The molecule has 3 rings (SSSR count). The van der Waals surface area contributed by atoms with Crippen LogP contribution in [0.4, 0.5) is 5.69 Å². The first-order valence-corrected chi connectivity index (χ1v) is 10.2. The van der Waals surface area contributed by atoms with Crippen molar-refractivity contribution in [3.63, 3.8) is 0 Å². The third-order valence-corrected chi connectivity index (χ3v) is 4.40. The quantitative estimate of drug-likeness (QED) is 0.416. The lowest BCUT2D eigenvalue weighted by Crippen LogP contribution is -2.30. The Hall–Kier alpha value is -3.48. The molecule has 3 aromatic rings. The fraction of sp³-hybridized carbons (Fsp3) is 0.304. The monoisotopic (exact) mass is 407 g/mol. The van der Waals surface area contributed by atoms with Crippen molar-refractivity contribution in [1.29, 1.82) is 0 Å². The molecular weight excluding hydrogens is 378 g/mol. The maximum absolute atomic E-state index is 5.58. The number of methoxy groups -OCH3 is 1. The molecule has 0 unspecified atom stereocenters. The zero-order valence-electron chi connectivity index (χ0n) is 17.8. The highest BCUT2D eigenvalue weighted by Crippen LogP contribution is 2.30. The molecule has 2 aromatic carbocycles. The Morgan fingerprint density at radius 2 is 1.93 bits per heavy atom. The van der Waals surface area contributed by atoms with Crippen LogP contribution in [0, 0.1) is 0 Å². The number of hydrogen-bond acceptors (Lipinski definition) is 4. The van der Waals surface area contributed by atoms with Crippen molar-refractivity contribution in [3.05, 3.63) is 66.5 Å². The number of nitrogens with zero attached hydrogens (tertiary/aromatic N) is 3. The minimum absolute atomic E-state index is 0.591. The molecule has 2 N–H and O–H groups in total. The van der Waals surface area contributed by atoms with Crippen LogP contribution in [0.15, 0.2) is 65.9 Å². The van der Waals surface area contributed by atoms with Crippen molar-refractivity contribution >= 4 is 11.6 Å². The summed E-state index contributed by atoms with van der Waals surface area (Å²) in [5.74, 6) is 2.13. The van der Waals surface area contributed by atoms with E-state index < -0.39 is 0 Å². The number of anilines is 1. The molecule has 7 heteroatoms. The Morgan fingerprint density at radius 1 is 1.10 bits per heavy atom. The summed E-state index contributed by atoms with van der Waals surface area (Å²) in [4.78, 5) is 4.69. The van der Waals surface area contributed by atoms with Gasteiger partial charge in [0.15, 0.2) is 17.5 Å². The van der Waals surface area contributed by atoms with E-state index in [-0.39, 0.29) is 0 Å². The molecule has 0 saturated heterocycles. The maximum Gasteiger partial charge on any atom is 0.195 e. The summed E-state index contributed by atoms with van der Waals surface area (Å²) in [6.07, 6.45) is 4.73. The van der Waals surface area contributed by atoms with Crippen molar-refractivity contribution in [3.8, 4) is 17.2 Å². The molecule has 0 fully saturated rings. The predicted octanol–water partition coefficient (Wildman–Crippen LogP) is 3.90. The Kier molecular flexibility index (Phi) is 7.71. The van der Waals surface area contributed by atoms with Gasteiger partial charge >= 0.3 is 0 Å². The van der Waals surface area contributed by atoms with Crippen LogP contribution >= 0.6 is 0 Å². The first kappa shape index (κ1) is 21.2. The summed E-state index contributed by atoms with van der Waals surface area (Å²) < 4.78 is 12.9. The van der Waals surface area contributed by atoms with Crippen molar-refractivity contribution < 1.29 is 9.47 Å². The summed E-state index contributed by atoms with van der Waals surface area (Å²) in [6.45, 7) is 6.00. The molecule has 30 heavy (non-hydrogen) atoms. The number of nitrogens with one attached hydrogen (secondary N) is 2. The van der Waals surface area contributed by atoms with Crippen LogP contribution in [-0.4, -0.2) is 42.5 Å². The summed E-state index contributed by atoms with van der Waals surface area (Å²) in [5, 5.41) is 11.0. The second-order valence-electron chi connectivity index (χ2n) is 6.56. The first-order valence-electron chi connectivity index (χ1n) is 10.2. The number of aliphatic imine (C=N–C) groups is 1. The van der Waals surface area contributed by atoms with Crippen LogP contribution in [0.25, 0.3) is 5.69 Å². The Bertz CT molecular complexity index is 953. The van der Waals surface area contributed by atoms with Gasteiger partial charge in [-0.1, -0.05) is 18.2 Å². The third-order valence-electron chi connectivity index (χ3n) is 4.40. The molecule has 1 aromatic heterocycles. The van der Waals surface area contributed by atoms with Gasteiger partial charge in [0.1, 0.15) is 0 Å². The van der Waals surface area contributed by atoms with Gasteiger partial charge < -0.3 is 20.1 Å². The van der Waals surface area contributed by atoms with Crippen molar-refractivity contribution in [2.75, 3.05) is 32.1 Å². The molecule has 0 bridgehead atoms. The van der Waals surface area contributed by atoms with Crippen LogP contribution in [0.5, 0.6) is 11.5 Å². The molecule has 1 heterocycles. The number of ether oxygens (including phenoxy) is 2. The van der Waals surface area contributed by atoms with E-state index in [9.17, 15) is 0 Å². The SMILES string of the molecule is CCNC(=NCCc1cnn(-c2ccccc2)c1)Nc1ccc(OCC)c(OC)c1. The zero-order valence-corrected chi connectivity index (χ0v) is 17.8. The lowest BCUT2D eigenvalue weighted by Gasteiger charge is -2.14. The van der Waals surface area contributed by atoms with Crippen molar-refractivity contribution in [1.82, 2.24) is 15.1 Å². The number of para-hydroxylation sites is 1. The Labute approximate surface area is 177 Å². The molecule has 0 saturated carbocycles. The smallest absolute Gasteiger partial charge is 0.195 e. The van der Waals surface area contributed by atoms with Gasteiger partial charge in [-0.2, -0.15) is 5.10 Å². The van der Waals surface area contributed by atoms with E-state index in [1.807, 2.05) is 79.5 Å². The number of rotatable bonds is 9. The van der Waals surface area contributed by atoms with Crippen LogP contribution in [0.2, 0.25) is 0 Å². The molecule has 0 spiro atoms. The van der Waals surface area contributed by atoms with Crippen LogP contribution in [0.3, 0.4) is 0 Å². The van der Waals surface area contributed by atoms with Gasteiger partial charge in [-0.25, -0.2) is 4.68 Å². The maximum atomic E-state index is 5.58. The average molecular weight is 408 g/mol. The molecule has 0 aliphatic heterocycles. The topological polar surface area (TPSA) is 72.7 Å². The average Bonchev–Trinajstić information content (AvgIpc) is 3.24. The normalized spacial score (nSPS) is 11.2. The minimum Gasteiger partial charge on any atom is -0.493 e. The second-order valence-corrected chi connectivity index (χ2v) is 6.56. The lowest BCUT2D eigenvalue weighted by molar-refractivity contribution is 0.311. The Morgan fingerprint density at radius 3 is 2.67 bits per heavy atom. The van der Waals surface area contributed by atoms with E-state index in [1.165, 1.54) is 0 Å². The molecule has 0 aliphatic carbocycles. The summed E-state index contributed by atoms with van der Waals surface area (Å²) in [5.41, 5.74) is 3.07. The van der Waals surface area contributed by atoms with Gasteiger partial charge in [0.2, 0.25) is 0 Å². The minimum atomic E-state index is 0.591. The van der Waals surface area contributed by atoms with Gasteiger partial charge in [0, 0.05) is 31.0 Å². The molecular formula is C23H29N5O2. The summed E-state index contributed by atoms with van der Waals surface area (Å²) in [7, 11) is 1.64. The molecule has 0 amide bonds. The highest BCUT2D eigenvalue weighted by atomic mass is 16.5. The van der Waals surface area contributed by atoms with Gasteiger partial charge in [-0.05, 0) is 50.1 Å². The molecule has 158 valence electrons. The van der Waals surface area contributed by atoms with Crippen LogP contribution in [-0.2, 0) is 6.42 Å². The number of benzene rings is 2. The molecule has 7 nitrogen and oxygen atoms in total. The fourth-order valence-corrected chi connectivity index (χ4v) is 2.97. The molecule has 0 aliphatic rings. The lowest BCUT2D eigenvalue weighted by atomic mass is 10.2. The fourth-order valence-electron chi connectivity index (χ4n) is 2.97. The highest BCUT2D eigenvalue weighted by molar-refractivity contribution is 5.93. The zero-order chi connectivity index (χ0) is 21.2. The van der Waals surface area contributed by atoms with Gasteiger partial charge in [0.05, 0.1) is 25.6 Å². The van der Waals surface area contributed by atoms with E-state index in [4.69, 9.17) is 9.47 Å². The first-order chi connectivity index (χ1) is 14.7. The molecule has 0 radical (unpaired) electrons. The number of hydrogen-bond donors (Lipinski definition) is 2. The van der Waals surface area contributed by atoms with Gasteiger partial charge in [-0.15, -0.1) is 0 Å². The van der Waals surface area contributed by atoms with Crippen LogP contribution < -0.4 is 20.1 Å². The standard InChI is InChI=1S/C23H29N5O2/c1-4-24-23(27-19-11-12-21(30-5-2)22(15-19)29-3)25-14-13-18-16-26-28(17-18)20-9-7-6-8-10-20/h6-12,15-17H,4-5,13-14H2,1-3H3,(H2,24,25,27). The second kappa shape index (κ2) is 10.9. The highest BCUT2D eigenvalue weighted by Gasteiger charge is 2.07. The largest absolute Gasteiger partial charge is 0.493 e. The summed E-state index contributed by atoms with van der Waals surface area (Å²) in [6, 6.07) is 15.8. The van der Waals surface area contributed by atoms with Gasteiger partial charge in [0.25, 0.3) is 0 Å². The summed E-state index contributed by atoms with van der Waals surface area (Å²) >= 11 is 0. The number of guanidine groups is 1. The third kappa shape index (κ3) is 5.76. The van der Waals surface area contributed by atoms with E-state index in [1.54, 1.807) is 7.11 Å². The number of aromatic nitrogens is 2. The van der Waals surface area contributed by atoms with Gasteiger partial charge in [-0.3, -0.25) is 4.99 Å².